The number of hydrogen-bond donors (Lipinski definition) is 0. The molecule has 0 spiro atoms. The Labute approximate surface area is 272 Å². The second-order valence-electron chi connectivity index (χ2n) is 11.7. The predicted molar refractivity (Wildman–Crippen MR) is 193 cm³/mol. The number of hydrogen-bond acceptors (Lipinski definition) is 3. The first-order chi connectivity index (χ1) is 23.3. The Balaban J connectivity index is 1.39. The van der Waals surface area contributed by atoms with Gasteiger partial charge in [-0.3, -0.25) is 0 Å². The van der Waals surface area contributed by atoms with Crippen molar-refractivity contribution in [2.45, 2.75) is 0 Å². The molecule has 4 nitrogen and oxygen atoms in total. The van der Waals surface area contributed by atoms with E-state index in [2.05, 4.69) is 114 Å². The third-order valence-electron chi connectivity index (χ3n) is 8.83. The lowest BCUT2D eigenvalue weighted by molar-refractivity contribution is 1.07. The highest BCUT2D eigenvalue weighted by Crippen LogP contribution is 2.41. The van der Waals surface area contributed by atoms with Crippen LogP contribution in [0.5, 0.6) is 0 Å². The fraction of sp³-hybridized carbons (Fsp3) is 0. The molecule has 0 aliphatic rings. The SMILES string of the molecule is c1ccc(-c2nc(-c3ccccc3)nc(-c3cc4ccccc4cc3-n3c4ccccc4c4c(-c5ccccc5)cccc43)n2)cc1. The number of benzene rings is 7. The van der Waals surface area contributed by atoms with Crippen LogP contribution in [0.3, 0.4) is 0 Å². The van der Waals surface area contributed by atoms with Crippen LogP contribution in [-0.4, -0.2) is 19.5 Å². The summed E-state index contributed by atoms with van der Waals surface area (Å²) in [6, 6.07) is 59.2. The van der Waals surface area contributed by atoms with Crippen LogP contribution in [0.4, 0.5) is 0 Å². The van der Waals surface area contributed by atoms with E-state index in [1.807, 2.05) is 60.7 Å². The molecular formula is C43H28N4. The summed E-state index contributed by atoms with van der Waals surface area (Å²) in [4.78, 5) is 15.3. The normalized spacial score (nSPS) is 11.4. The van der Waals surface area contributed by atoms with Crippen LogP contribution in [0.2, 0.25) is 0 Å². The molecule has 2 heterocycles. The van der Waals surface area contributed by atoms with Crippen molar-refractivity contribution >= 4 is 32.6 Å². The number of para-hydroxylation sites is 1. The highest BCUT2D eigenvalue weighted by Gasteiger charge is 2.21. The van der Waals surface area contributed by atoms with E-state index in [9.17, 15) is 0 Å². The van der Waals surface area contributed by atoms with Gasteiger partial charge in [-0.25, -0.2) is 15.0 Å². The number of aromatic nitrogens is 4. The van der Waals surface area contributed by atoms with Crippen molar-refractivity contribution in [3.8, 4) is 51.0 Å². The summed E-state index contributed by atoms with van der Waals surface area (Å²) >= 11 is 0. The molecule has 0 saturated carbocycles. The van der Waals surface area contributed by atoms with Crippen molar-refractivity contribution in [2.24, 2.45) is 0 Å². The molecule has 47 heavy (non-hydrogen) atoms. The predicted octanol–water partition coefficient (Wildman–Crippen LogP) is 10.8. The molecule has 0 unspecified atom stereocenters. The zero-order valence-corrected chi connectivity index (χ0v) is 25.5. The lowest BCUT2D eigenvalue weighted by atomic mass is 9.99. The summed E-state index contributed by atoms with van der Waals surface area (Å²) in [6.45, 7) is 0. The van der Waals surface area contributed by atoms with Crippen LogP contribution in [0, 0.1) is 0 Å². The number of rotatable bonds is 5. The van der Waals surface area contributed by atoms with Crippen molar-refractivity contribution in [3.05, 3.63) is 170 Å². The maximum atomic E-state index is 5.17. The lowest BCUT2D eigenvalue weighted by Crippen LogP contribution is -2.04. The Morgan fingerprint density at radius 3 is 1.53 bits per heavy atom. The molecule has 0 aliphatic heterocycles. The van der Waals surface area contributed by atoms with Crippen molar-refractivity contribution in [3.63, 3.8) is 0 Å². The van der Waals surface area contributed by atoms with Gasteiger partial charge >= 0.3 is 0 Å². The lowest BCUT2D eigenvalue weighted by Gasteiger charge is -2.16. The average molecular weight is 601 g/mol. The molecule has 0 aliphatic carbocycles. The van der Waals surface area contributed by atoms with Gasteiger partial charge in [0.25, 0.3) is 0 Å². The third-order valence-corrected chi connectivity index (χ3v) is 8.83. The topological polar surface area (TPSA) is 43.6 Å². The maximum absolute atomic E-state index is 5.17. The average Bonchev–Trinajstić information content (AvgIpc) is 3.49. The van der Waals surface area contributed by atoms with E-state index in [1.54, 1.807) is 0 Å². The molecule has 0 atom stereocenters. The molecule has 9 aromatic rings. The second-order valence-corrected chi connectivity index (χ2v) is 11.7. The minimum atomic E-state index is 0.628. The summed E-state index contributed by atoms with van der Waals surface area (Å²) < 4.78 is 2.38. The van der Waals surface area contributed by atoms with Gasteiger partial charge in [0.2, 0.25) is 0 Å². The molecule has 4 heteroatoms. The highest BCUT2D eigenvalue weighted by molar-refractivity contribution is 6.16. The van der Waals surface area contributed by atoms with Crippen LogP contribution >= 0.6 is 0 Å². The van der Waals surface area contributed by atoms with Gasteiger partial charge < -0.3 is 4.57 Å². The van der Waals surface area contributed by atoms with Gasteiger partial charge in [0.1, 0.15) is 0 Å². The Kier molecular flexibility index (Phi) is 6.43. The van der Waals surface area contributed by atoms with E-state index in [1.165, 1.54) is 21.9 Å². The zero-order chi connectivity index (χ0) is 31.2. The molecule has 7 aromatic carbocycles. The van der Waals surface area contributed by atoms with Gasteiger partial charge in [0.05, 0.1) is 16.7 Å². The summed E-state index contributed by atoms with van der Waals surface area (Å²) in [7, 11) is 0. The molecule has 0 saturated heterocycles. The van der Waals surface area contributed by atoms with Crippen LogP contribution in [0.15, 0.2) is 170 Å². The van der Waals surface area contributed by atoms with Gasteiger partial charge in [0, 0.05) is 27.5 Å². The van der Waals surface area contributed by atoms with E-state index in [0.717, 1.165) is 44.2 Å². The summed E-state index contributed by atoms with van der Waals surface area (Å²) in [5, 5.41) is 4.70. The fourth-order valence-corrected chi connectivity index (χ4v) is 6.66. The van der Waals surface area contributed by atoms with Crippen molar-refractivity contribution in [2.75, 3.05) is 0 Å². The van der Waals surface area contributed by atoms with Crippen LogP contribution in [0.25, 0.3) is 83.6 Å². The molecule has 0 radical (unpaired) electrons. The fourth-order valence-electron chi connectivity index (χ4n) is 6.66. The Morgan fingerprint density at radius 1 is 0.362 bits per heavy atom. The molecule has 2 aromatic heterocycles. The van der Waals surface area contributed by atoms with Crippen molar-refractivity contribution in [1.29, 1.82) is 0 Å². The van der Waals surface area contributed by atoms with Gasteiger partial charge in [-0.1, -0.05) is 146 Å². The van der Waals surface area contributed by atoms with Gasteiger partial charge in [0.15, 0.2) is 17.5 Å². The maximum Gasteiger partial charge on any atom is 0.166 e. The molecule has 220 valence electrons. The zero-order valence-electron chi connectivity index (χ0n) is 25.5. The largest absolute Gasteiger partial charge is 0.308 e. The second kappa shape index (κ2) is 11.2. The summed E-state index contributed by atoms with van der Waals surface area (Å²) in [5.74, 6) is 1.91. The van der Waals surface area contributed by atoms with Crippen LogP contribution in [-0.2, 0) is 0 Å². The van der Waals surface area contributed by atoms with Gasteiger partial charge in [-0.2, -0.15) is 0 Å². The number of fused-ring (bicyclic) bond motifs is 4. The van der Waals surface area contributed by atoms with Crippen molar-refractivity contribution < 1.29 is 0 Å². The molecular weight excluding hydrogens is 573 g/mol. The molecule has 0 amide bonds. The standard InChI is InChI=1S/C43H28N4/c1-4-15-29(16-5-1)34-24-14-26-38-40(34)35-23-12-13-25-37(35)47(38)39-28-33-22-11-10-21-32(33)27-36(39)43-45-41(30-17-6-2-7-18-30)44-42(46-43)31-19-8-3-9-20-31/h1-28H. The molecule has 0 N–H and O–H groups in total. The highest BCUT2D eigenvalue weighted by atomic mass is 15.1. The van der Waals surface area contributed by atoms with Gasteiger partial charge in [-0.05, 0) is 46.2 Å². The van der Waals surface area contributed by atoms with E-state index >= 15 is 0 Å². The van der Waals surface area contributed by atoms with Crippen LogP contribution < -0.4 is 0 Å². The summed E-state index contributed by atoms with van der Waals surface area (Å²) in [5.41, 5.74) is 8.50. The van der Waals surface area contributed by atoms with Gasteiger partial charge in [-0.15, -0.1) is 0 Å². The molecule has 0 fully saturated rings. The number of nitrogens with zero attached hydrogens (tertiary/aromatic N) is 4. The Bertz CT molecular complexity index is 2500. The molecule has 0 bridgehead atoms. The van der Waals surface area contributed by atoms with E-state index in [4.69, 9.17) is 15.0 Å². The molecule has 9 rings (SSSR count). The summed E-state index contributed by atoms with van der Waals surface area (Å²) in [6.07, 6.45) is 0. The van der Waals surface area contributed by atoms with E-state index in [-0.39, 0.29) is 0 Å². The first kappa shape index (κ1) is 27.0. The third kappa shape index (κ3) is 4.66. The van der Waals surface area contributed by atoms with E-state index < -0.39 is 0 Å². The van der Waals surface area contributed by atoms with Crippen LogP contribution in [0.1, 0.15) is 0 Å². The minimum Gasteiger partial charge on any atom is -0.308 e. The Morgan fingerprint density at radius 2 is 0.872 bits per heavy atom. The van der Waals surface area contributed by atoms with Crippen molar-refractivity contribution in [1.82, 2.24) is 19.5 Å². The van der Waals surface area contributed by atoms with E-state index in [0.29, 0.717) is 17.5 Å². The first-order valence-corrected chi connectivity index (χ1v) is 15.8. The monoisotopic (exact) mass is 600 g/mol. The quantitative estimate of drug-likeness (QED) is 0.197. The minimum absolute atomic E-state index is 0.628. The Hall–Kier alpha value is -6.39. The first-order valence-electron chi connectivity index (χ1n) is 15.8. The smallest absolute Gasteiger partial charge is 0.166 e.